The molecule has 0 saturated carbocycles. The molecule has 1 saturated heterocycles. The van der Waals surface area contributed by atoms with Gasteiger partial charge in [-0.1, -0.05) is 18.2 Å². The number of esters is 1. The number of H-pyrrole nitrogens is 1. The van der Waals surface area contributed by atoms with Crippen molar-refractivity contribution in [3.05, 3.63) is 59.5 Å². The summed E-state index contributed by atoms with van der Waals surface area (Å²) in [4.78, 5) is 41.8. The number of rotatable bonds is 5. The highest BCUT2D eigenvalue weighted by Crippen LogP contribution is 2.21. The molecule has 28 heavy (non-hydrogen) atoms. The molecule has 0 bridgehead atoms. The monoisotopic (exact) mass is 379 g/mol. The predicted octanol–water partition coefficient (Wildman–Crippen LogP) is 2.78. The van der Waals surface area contributed by atoms with Crippen LogP contribution in [0.1, 0.15) is 44.0 Å². The third-order valence-electron chi connectivity index (χ3n) is 5.08. The number of Topliss-reactive ketones (excluding diaryl/α,β-unsaturated/α-hetero) is 1. The smallest absolute Gasteiger partial charge is 0.340 e. The van der Waals surface area contributed by atoms with Gasteiger partial charge < -0.3 is 19.2 Å². The van der Waals surface area contributed by atoms with Crippen molar-refractivity contribution >= 4 is 28.6 Å². The van der Waals surface area contributed by atoms with Gasteiger partial charge in [-0.2, -0.15) is 0 Å². The summed E-state index contributed by atoms with van der Waals surface area (Å²) in [6.07, 6.45) is 5.18. The van der Waals surface area contributed by atoms with E-state index in [-0.39, 0.29) is 18.3 Å². The number of carbonyl (C=O) groups excluding carboxylic acids is 3. The Bertz CT molecular complexity index is 1060. The van der Waals surface area contributed by atoms with Crippen molar-refractivity contribution in [1.82, 2.24) is 14.5 Å². The molecular formula is C21H21N3O4. The number of ether oxygens (including phenoxy) is 1. The second kappa shape index (κ2) is 7.34. The number of hydrogen-bond donors (Lipinski definition) is 1. The number of aryl methyl sites for hydroxylation is 1. The molecule has 7 nitrogen and oxygen atoms in total. The molecule has 1 N–H and O–H groups in total. The van der Waals surface area contributed by atoms with Crippen molar-refractivity contribution in [1.29, 1.82) is 0 Å². The van der Waals surface area contributed by atoms with Crippen LogP contribution in [-0.4, -0.2) is 51.8 Å². The molecule has 0 atom stereocenters. The van der Waals surface area contributed by atoms with Gasteiger partial charge in [0.1, 0.15) is 5.69 Å². The van der Waals surface area contributed by atoms with Gasteiger partial charge in [0, 0.05) is 49.0 Å². The molecule has 3 heterocycles. The van der Waals surface area contributed by atoms with Crippen molar-refractivity contribution in [2.45, 2.75) is 12.8 Å². The highest BCUT2D eigenvalue weighted by Gasteiger charge is 2.22. The third-order valence-corrected chi connectivity index (χ3v) is 5.08. The Balaban J connectivity index is 1.41. The zero-order valence-electron chi connectivity index (χ0n) is 15.6. The topological polar surface area (TPSA) is 84.4 Å². The largest absolute Gasteiger partial charge is 0.454 e. The van der Waals surface area contributed by atoms with Crippen LogP contribution >= 0.6 is 0 Å². The van der Waals surface area contributed by atoms with Crippen molar-refractivity contribution in [2.24, 2.45) is 7.05 Å². The first-order chi connectivity index (χ1) is 13.5. The van der Waals surface area contributed by atoms with Gasteiger partial charge in [-0.05, 0) is 25.0 Å². The number of carbonyl (C=O) groups is 3. The first-order valence-electron chi connectivity index (χ1n) is 9.26. The van der Waals surface area contributed by atoms with E-state index in [9.17, 15) is 14.4 Å². The number of nitrogens with zero attached hydrogens (tertiary/aromatic N) is 2. The number of fused-ring (bicyclic) bond motifs is 1. The standard InChI is InChI=1S/C21H21N3O4/c1-23-12-16(15-6-2-3-7-18(15)23)21(27)28-13-19(25)14-10-17(22-11-14)20(26)24-8-4-5-9-24/h2-3,6-7,10-12,22H,4-5,8-9,13H2,1H3. The average molecular weight is 379 g/mol. The van der Waals surface area contributed by atoms with Crippen molar-refractivity contribution in [3.8, 4) is 0 Å². The number of nitrogens with one attached hydrogen (secondary N) is 1. The number of aromatic nitrogens is 2. The fourth-order valence-corrected chi connectivity index (χ4v) is 3.57. The molecule has 1 aromatic carbocycles. The van der Waals surface area contributed by atoms with Crippen molar-refractivity contribution < 1.29 is 19.1 Å². The number of para-hydroxylation sites is 1. The molecule has 0 radical (unpaired) electrons. The van der Waals surface area contributed by atoms with Gasteiger partial charge in [-0.15, -0.1) is 0 Å². The van der Waals surface area contributed by atoms with E-state index in [4.69, 9.17) is 4.74 Å². The Morgan fingerprint density at radius 1 is 1.14 bits per heavy atom. The van der Waals surface area contributed by atoms with Gasteiger partial charge in [-0.3, -0.25) is 9.59 Å². The molecule has 0 unspecified atom stereocenters. The van der Waals surface area contributed by atoms with Crippen molar-refractivity contribution in [2.75, 3.05) is 19.7 Å². The normalized spacial score (nSPS) is 13.8. The first kappa shape index (κ1) is 18.0. The third kappa shape index (κ3) is 3.31. The van der Waals surface area contributed by atoms with Crippen LogP contribution in [0.5, 0.6) is 0 Å². The van der Waals surface area contributed by atoms with Crippen molar-refractivity contribution in [3.63, 3.8) is 0 Å². The lowest BCUT2D eigenvalue weighted by atomic mass is 10.2. The van der Waals surface area contributed by atoms with E-state index < -0.39 is 5.97 Å². The van der Waals surface area contributed by atoms with E-state index in [1.54, 1.807) is 11.1 Å². The van der Waals surface area contributed by atoms with Gasteiger partial charge in [-0.25, -0.2) is 4.79 Å². The summed E-state index contributed by atoms with van der Waals surface area (Å²) in [7, 11) is 1.85. The van der Waals surface area contributed by atoms with Gasteiger partial charge in [0.05, 0.1) is 5.56 Å². The molecule has 0 aliphatic carbocycles. The fraction of sp³-hybridized carbons (Fsp3) is 0.286. The summed E-state index contributed by atoms with van der Waals surface area (Å²) in [5, 5.41) is 0.780. The van der Waals surface area contributed by atoms with Crippen LogP contribution in [0.4, 0.5) is 0 Å². The lowest BCUT2D eigenvalue weighted by molar-refractivity contribution is 0.0476. The molecule has 144 valence electrons. The second-order valence-electron chi connectivity index (χ2n) is 6.97. The van der Waals surface area contributed by atoms with Gasteiger partial charge in [0.15, 0.2) is 6.61 Å². The Kier molecular flexibility index (Phi) is 4.73. The summed E-state index contributed by atoms with van der Waals surface area (Å²) in [6.45, 7) is 1.10. The number of aromatic amines is 1. The maximum absolute atomic E-state index is 12.4. The van der Waals surface area contributed by atoms with Gasteiger partial charge >= 0.3 is 5.97 Å². The van der Waals surface area contributed by atoms with E-state index in [2.05, 4.69) is 4.98 Å². The predicted molar refractivity (Wildman–Crippen MR) is 103 cm³/mol. The maximum Gasteiger partial charge on any atom is 0.340 e. The van der Waals surface area contributed by atoms with Crippen LogP contribution in [0.25, 0.3) is 10.9 Å². The Hall–Kier alpha value is -3.35. The summed E-state index contributed by atoms with van der Waals surface area (Å²) < 4.78 is 7.07. The lowest BCUT2D eigenvalue weighted by Gasteiger charge is -2.13. The average Bonchev–Trinajstić information content (AvgIpc) is 3.46. The van der Waals surface area contributed by atoms with Crippen LogP contribution in [-0.2, 0) is 11.8 Å². The van der Waals surface area contributed by atoms with E-state index in [0.717, 1.165) is 36.8 Å². The number of likely N-dealkylation sites (tertiary alicyclic amines) is 1. The lowest BCUT2D eigenvalue weighted by Crippen LogP contribution is -2.27. The summed E-state index contributed by atoms with van der Waals surface area (Å²) in [6, 6.07) is 9.03. The first-order valence-corrected chi connectivity index (χ1v) is 9.26. The molecule has 7 heteroatoms. The minimum Gasteiger partial charge on any atom is -0.454 e. The minimum atomic E-state index is -0.547. The number of amides is 1. The Morgan fingerprint density at radius 3 is 2.68 bits per heavy atom. The Labute approximate surface area is 161 Å². The van der Waals surface area contributed by atoms with E-state index in [1.165, 1.54) is 12.3 Å². The van der Waals surface area contributed by atoms with Crippen LogP contribution < -0.4 is 0 Å². The molecule has 4 rings (SSSR count). The highest BCUT2D eigenvalue weighted by molar-refractivity contribution is 6.06. The molecule has 2 aromatic heterocycles. The zero-order valence-corrected chi connectivity index (χ0v) is 15.6. The number of benzene rings is 1. The maximum atomic E-state index is 12.4. The van der Waals surface area contributed by atoms with Crippen LogP contribution in [0.15, 0.2) is 42.7 Å². The van der Waals surface area contributed by atoms with Crippen LogP contribution in [0.2, 0.25) is 0 Å². The number of ketones is 1. The fourth-order valence-electron chi connectivity index (χ4n) is 3.57. The minimum absolute atomic E-state index is 0.107. The molecule has 1 amide bonds. The molecule has 0 spiro atoms. The van der Waals surface area contributed by atoms with Gasteiger partial charge in [0.25, 0.3) is 5.91 Å². The van der Waals surface area contributed by atoms with E-state index in [1.807, 2.05) is 35.9 Å². The van der Waals surface area contributed by atoms with Crippen LogP contribution in [0.3, 0.4) is 0 Å². The summed E-state index contributed by atoms with van der Waals surface area (Å²) in [5.74, 6) is -1.01. The molecule has 3 aromatic rings. The Morgan fingerprint density at radius 2 is 1.89 bits per heavy atom. The highest BCUT2D eigenvalue weighted by atomic mass is 16.5. The number of hydrogen-bond acceptors (Lipinski definition) is 4. The van der Waals surface area contributed by atoms with E-state index in [0.29, 0.717) is 16.8 Å². The van der Waals surface area contributed by atoms with E-state index >= 15 is 0 Å². The molecule has 1 fully saturated rings. The SMILES string of the molecule is Cn1cc(C(=O)OCC(=O)c2c[nH]c(C(=O)N3CCCC3)c2)c2ccccc21. The molecule has 1 aliphatic rings. The van der Waals surface area contributed by atoms with Gasteiger partial charge in [0.2, 0.25) is 5.78 Å². The quantitative estimate of drug-likeness (QED) is 0.546. The molecule has 1 aliphatic heterocycles. The zero-order chi connectivity index (χ0) is 19.7. The molecular weight excluding hydrogens is 358 g/mol. The second-order valence-corrected chi connectivity index (χ2v) is 6.97. The summed E-state index contributed by atoms with van der Waals surface area (Å²) in [5.41, 5.74) is 2.04. The van der Waals surface area contributed by atoms with Crippen LogP contribution in [0, 0.1) is 0 Å². The summed E-state index contributed by atoms with van der Waals surface area (Å²) >= 11 is 0.